The van der Waals surface area contributed by atoms with Crippen LogP contribution in [0.2, 0.25) is 0 Å². The molecule has 4 nitrogen and oxygen atoms in total. The van der Waals surface area contributed by atoms with E-state index in [0.717, 1.165) is 10.7 Å². The summed E-state index contributed by atoms with van der Waals surface area (Å²) in [5.74, 6) is 0.971. The fourth-order valence-corrected chi connectivity index (χ4v) is 3.62. The third-order valence-corrected chi connectivity index (χ3v) is 4.38. The van der Waals surface area contributed by atoms with Crippen LogP contribution in [0.4, 0.5) is 0 Å². The molecule has 0 aliphatic heterocycles. The van der Waals surface area contributed by atoms with Crippen LogP contribution >= 0.6 is 11.8 Å². The first-order valence-corrected chi connectivity index (χ1v) is 7.74. The molecule has 0 bridgehead atoms. The maximum atomic E-state index is 8.75. The Labute approximate surface area is 129 Å². The Morgan fingerprint density at radius 3 is 2.38 bits per heavy atom. The van der Waals surface area contributed by atoms with Crippen LogP contribution in [-0.2, 0) is 7.05 Å². The smallest absolute Gasteiger partial charge is 0.155 e. The molecule has 0 aliphatic carbocycles. The Morgan fingerprint density at radius 2 is 1.86 bits per heavy atom. The van der Waals surface area contributed by atoms with E-state index in [2.05, 4.69) is 56.0 Å². The fraction of sp³-hybridized carbons (Fsp3) is 0.375. The Balaban J connectivity index is 2.47. The number of hydrogen-bond acceptors (Lipinski definition) is 4. The molecule has 2 rings (SSSR count). The van der Waals surface area contributed by atoms with E-state index in [1.165, 1.54) is 22.2 Å². The molecule has 0 aliphatic rings. The van der Waals surface area contributed by atoms with Gasteiger partial charge in [-0.15, -0.1) is 0 Å². The Morgan fingerprint density at radius 1 is 1.24 bits per heavy atom. The van der Waals surface area contributed by atoms with Crippen LogP contribution < -0.4 is 0 Å². The van der Waals surface area contributed by atoms with Crippen LogP contribution in [0.25, 0.3) is 0 Å². The van der Waals surface area contributed by atoms with Gasteiger partial charge < -0.3 is 9.77 Å². The number of aryl methyl sites for hydroxylation is 2. The summed E-state index contributed by atoms with van der Waals surface area (Å²) in [6, 6.07) is 6.52. The van der Waals surface area contributed by atoms with Crippen LogP contribution in [0.5, 0.6) is 0 Å². The standard InChI is InChI=1S/C16H21N3OS/c1-10(2)15-16(19(5)14(18-15)9-17-20)21-13-7-11(3)6-12(4)8-13/h6-10,20H,1-5H3/b17-9+. The van der Waals surface area contributed by atoms with Crippen molar-refractivity contribution in [3.05, 3.63) is 40.8 Å². The van der Waals surface area contributed by atoms with E-state index in [9.17, 15) is 0 Å². The van der Waals surface area contributed by atoms with Gasteiger partial charge in [-0.1, -0.05) is 36.8 Å². The van der Waals surface area contributed by atoms with Gasteiger partial charge in [0, 0.05) is 11.9 Å². The van der Waals surface area contributed by atoms with Gasteiger partial charge in [-0.05, 0) is 43.0 Å². The number of nitrogens with zero attached hydrogens (tertiary/aromatic N) is 3. The van der Waals surface area contributed by atoms with Gasteiger partial charge in [-0.3, -0.25) is 0 Å². The number of benzene rings is 1. The lowest BCUT2D eigenvalue weighted by Gasteiger charge is -2.09. The second-order valence-electron chi connectivity index (χ2n) is 5.54. The monoisotopic (exact) mass is 303 g/mol. The van der Waals surface area contributed by atoms with Crippen molar-refractivity contribution in [1.29, 1.82) is 0 Å². The topological polar surface area (TPSA) is 50.4 Å². The van der Waals surface area contributed by atoms with E-state index in [1.807, 2.05) is 11.6 Å². The molecule has 0 atom stereocenters. The van der Waals surface area contributed by atoms with Crippen molar-refractivity contribution in [3.63, 3.8) is 0 Å². The largest absolute Gasteiger partial charge is 0.411 e. The molecule has 0 unspecified atom stereocenters. The first-order chi connectivity index (χ1) is 9.92. The average Bonchev–Trinajstić information content (AvgIpc) is 2.67. The zero-order chi connectivity index (χ0) is 15.6. The van der Waals surface area contributed by atoms with Crippen LogP contribution in [-0.4, -0.2) is 21.0 Å². The van der Waals surface area contributed by atoms with Crippen LogP contribution in [0.15, 0.2) is 33.3 Å². The molecule has 1 aromatic carbocycles. The minimum Gasteiger partial charge on any atom is -0.411 e. The van der Waals surface area contributed by atoms with E-state index in [0.29, 0.717) is 11.7 Å². The number of rotatable bonds is 4. The van der Waals surface area contributed by atoms with E-state index in [4.69, 9.17) is 5.21 Å². The molecular weight excluding hydrogens is 282 g/mol. The van der Waals surface area contributed by atoms with Crippen molar-refractivity contribution in [2.75, 3.05) is 0 Å². The summed E-state index contributed by atoms with van der Waals surface area (Å²) < 4.78 is 1.97. The summed E-state index contributed by atoms with van der Waals surface area (Å²) in [5.41, 5.74) is 3.53. The molecule has 1 N–H and O–H groups in total. The minimum absolute atomic E-state index is 0.311. The van der Waals surface area contributed by atoms with Gasteiger partial charge >= 0.3 is 0 Å². The third kappa shape index (κ3) is 3.47. The highest BCUT2D eigenvalue weighted by Crippen LogP contribution is 2.34. The SMILES string of the molecule is Cc1cc(C)cc(Sc2c(C(C)C)nc(/C=N/O)n2C)c1. The summed E-state index contributed by atoms with van der Waals surface area (Å²) in [6.45, 7) is 8.45. The first-order valence-electron chi connectivity index (χ1n) is 6.92. The van der Waals surface area contributed by atoms with Gasteiger partial charge in [-0.2, -0.15) is 0 Å². The molecule has 2 aromatic rings. The number of imidazole rings is 1. The van der Waals surface area contributed by atoms with Crippen molar-refractivity contribution in [3.8, 4) is 0 Å². The maximum Gasteiger partial charge on any atom is 0.155 e. The summed E-state index contributed by atoms with van der Waals surface area (Å²) in [6.07, 6.45) is 1.37. The number of oxime groups is 1. The second-order valence-corrected chi connectivity index (χ2v) is 6.61. The van der Waals surface area contributed by atoms with Gasteiger partial charge in [-0.25, -0.2) is 4.98 Å². The fourth-order valence-electron chi connectivity index (χ4n) is 2.29. The zero-order valence-corrected chi connectivity index (χ0v) is 13.9. The highest BCUT2D eigenvalue weighted by Gasteiger charge is 2.17. The quantitative estimate of drug-likeness (QED) is 0.525. The predicted octanol–water partition coefficient (Wildman–Crippen LogP) is 4.12. The van der Waals surface area contributed by atoms with Crippen LogP contribution in [0, 0.1) is 13.8 Å². The van der Waals surface area contributed by atoms with Crippen LogP contribution in [0.3, 0.4) is 0 Å². The van der Waals surface area contributed by atoms with E-state index >= 15 is 0 Å². The van der Waals surface area contributed by atoms with E-state index < -0.39 is 0 Å². The van der Waals surface area contributed by atoms with E-state index in [-0.39, 0.29) is 0 Å². The summed E-state index contributed by atoms with van der Waals surface area (Å²) >= 11 is 1.70. The third-order valence-electron chi connectivity index (χ3n) is 3.23. The van der Waals surface area contributed by atoms with Crippen molar-refractivity contribution >= 4 is 18.0 Å². The summed E-state index contributed by atoms with van der Waals surface area (Å²) in [7, 11) is 1.95. The van der Waals surface area contributed by atoms with Crippen molar-refractivity contribution in [2.24, 2.45) is 12.2 Å². The minimum atomic E-state index is 0.311. The van der Waals surface area contributed by atoms with Crippen LogP contribution in [0.1, 0.15) is 42.4 Å². The predicted molar refractivity (Wildman–Crippen MR) is 86.7 cm³/mol. The number of hydrogen-bond donors (Lipinski definition) is 1. The molecule has 0 spiro atoms. The molecular formula is C16H21N3OS. The van der Waals surface area contributed by atoms with Crippen molar-refractivity contribution in [2.45, 2.75) is 43.5 Å². The highest BCUT2D eigenvalue weighted by molar-refractivity contribution is 7.99. The van der Waals surface area contributed by atoms with Crippen molar-refractivity contribution in [1.82, 2.24) is 9.55 Å². The summed E-state index contributed by atoms with van der Waals surface area (Å²) in [4.78, 5) is 5.77. The average molecular weight is 303 g/mol. The molecule has 5 heteroatoms. The van der Waals surface area contributed by atoms with Gasteiger partial charge in [0.1, 0.15) is 11.2 Å². The molecule has 1 heterocycles. The Hall–Kier alpha value is -1.75. The Kier molecular flexibility index (Phi) is 4.73. The lowest BCUT2D eigenvalue weighted by Crippen LogP contribution is -1.98. The normalized spacial score (nSPS) is 11.7. The molecule has 1 aromatic heterocycles. The van der Waals surface area contributed by atoms with Crippen molar-refractivity contribution < 1.29 is 5.21 Å². The lowest BCUT2D eigenvalue weighted by atomic mass is 10.1. The van der Waals surface area contributed by atoms with Gasteiger partial charge in [0.05, 0.1) is 5.69 Å². The van der Waals surface area contributed by atoms with Gasteiger partial charge in [0.15, 0.2) is 5.82 Å². The zero-order valence-electron chi connectivity index (χ0n) is 13.1. The van der Waals surface area contributed by atoms with E-state index in [1.54, 1.807) is 11.8 Å². The molecule has 0 saturated heterocycles. The first kappa shape index (κ1) is 15.6. The van der Waals surface area contributed by atoms with Gasteiger partial charge in [0.2, 0.25) is 0 Å². The number of aromatic nitrogens is 2. The van der Waals surface area contributed by atoms with Gasteiger partial charge in [0.25, 0.3) is 0 Å². The molecule has 0 amide bonds. The maximum absolute atomic E-state index is 8.75. The molecule has 0 fully saturated rings. The molecule has 112 valence electrons. The molecule has 0 radical (unpaired) electrons. The Bertz CT molecular complexity index is 654. The molecule has 21 heavy (non-hydrogen) atoms. The lowest BCUT2D eigenvalue weighted by molar-refractivity contribution is 0.321. The second kappa shape index (κ2) is 6.35. The summed E-state index contributed by atoms with van der Waals surface area (Å²) in [5, 5.41) is 12.9. The highest BCUT2D eigenvalue weighted by atomic mass is 32.2. The molecule has 0 saturated carbocycles.